The van der Waals surface area contributed by atoms with Crippen LogP contribution < -0.4 is 5.32 Å². The van der Waals surface area contributed by atoms with Crippen LogP contribution in [0.5, 0.6) is 0 Å². The maximum Gasteiger partial charge on any atom is 0.330 e. The molecule has 1 N–H and O–H groups in total. The van der Waals surface area contributed by atoms with Crippen LogP contribution in [0, 0.1) is 0 Å². The first-order valence-electron chi connectivity index (χ1n) is 7.16. The Kier molecular flexibility index (Phi) is 5.55. The highest BCUT2D eigenvalue weighted by molar-refractivity contribution is 5.83. The zero-order valence-electron chi connectivity index (χ0n) is 11.8. The van der Waals surface area contributed by atoms with Crippen molar-refractivity contribution in [1.82, 2.24) is 10.2 Å². The lowest BCUT2D eigenvalue weighted by atomic mass is 10.2. The summed E-state index contributed by atoms with van der Waals surface area (Å²) >= 11 is 0. The number of morpholine rings is 1. The third-order valence-corrected chi connectivity index (χ3v) is 3.35. The average Bonchev–Trinajstić information content (AvgIpc) is 3.23. The Balaban J connectivity index is 1.82. The summed E-state index contributed by atoms with van der Waals surface area (Å²) in [6.45, 7) is 4.40. The molecule has 0 bridgehead atoms. The smallest absolute Gasteiger partial charge is 0.330 e. The summed E-state index contributed by atoms with van der Waals surface area (Å²) in [6.07, 6.45) is 5.29. The first-order valence-corrected chi connectivity index (χ1v) is 7.16. The molecule has 0 spiro atoms. The van der Waals surface area contributed by atoms with E-state index in [1.165, 1.54) is 6.08 Å². The molecule has 1 atom stereocenters. The van der Waals surface area contributed by atoms with Gasteiger partial charge >= 0.3 is 5.97 Å². The number of hydrogen-bond donors (Lipinski definition) is 1. The van der Waals surface area contributed by atoms with Gasteiger partial charge in [0.15, 0.2) is 0 Å². The van der Waals surface area contributed by atoms with Gasteiger partial charge in [0.05, 0.1) is 19.8 Å². The topological polar surface area (TPSA) is 67.9 Å². The Morgan fingerprint density at radius 1 is 1.45 bits per heavy atom. The van der Waals surface area contributed by atoms with Gasteiger partial charge in [0, 0.05) is 25.2 Å². The number of amides is 1. The van der Waals surface area contributed by atoms with Crippen molar-refractivity contribution in [3.05, 3.63) is 12.2 Å². The molecule has 0 aromatic rings. The van der Waals surface area contributed by atoms with E-state index in [1.807, 2.05) is 4.90 Å². The Hall–Kier alpha value is -1.40. The van der Waals surface area contributed by atoms with E-state index in [9.17, 15) is 9.59 Å². The van der Waals surface area contributed by atoms with Gasteiger partial charge in [0.2, 0.25) is 5.91 Å². The molecule has 1 amide bonds. The van der Waals surface area contributed by atoms with Gasteiger partial charge < -0.3 is 14.8 Å². The maximum atomic E-state index is 12.1. The number of ether oxygens (including phenoxy) is 2. The van der Waals surface area contributed by atoms with Crippen molar-refractivity contribution >= 4 is 11.9 Å². The highest BCUT2D eigenvalue weighted by Gasteiger charge is 2.32. The van der Waals surface area contributed by atoms with Crippen LogP contribution in [-0.4, -0.2) is 61.8 Å². The second-order valence-electron chi connectivity index (χ2n) is 5.02. The van der Waals surface area contributed by atoms with Gasteiger partial charge in [0.1, 0.15) is 6.04 Å². The first-order chi connectivity index (χ1) is 9.70. The number of esters is 1. The summed E-state index contributed by atoms with van der Waals surface area (Å²) in [5.74, 6) is -0.323. The molecular weight excluding hydrogens is 260 g/mol. The maximum absolute atomic E-state index is 12.1. The summed E-state index contributed by atoms with van der Waals surface area (Å²) < 4.78 is 10.2. The van der Waals surface area contributed by atoms with Gasteiger partial charge in [-0.15, -0.1) is 0 Å². The Morgan fingerprint density at radius 3 is 2.95 bits per heavy atom. The summed E-state index contributed by atoms with van der Waals surface area (Å²) in [6, 6.07) is 0.0811. The molecule has 0 aromatic heterocycles. The zero-order chi connectivity index (χ0) is 14.4. The third kappa shape index (κ3) is 4.61. The van der Waals surface area contributed by atoms with E-state index < -0.39 is 0 Å². The number of carbonyl (C=O) groups is 2. The van der Waals surface area contributed by atoms with Crippen molar-refractivity contribution in [3.63, 3.8) is 0 Å². The Labute approximate surface area is 119 Å². The lowest BCUT2D eigenvalue weighted by Crippen LogP contribution is -2.54. The van der Waals surface area contributed by atoms with Crippen LogP contribution in [0.25, 0.3) is 0 Å². The second-order valence-corrected chi connectivity index (χ2v) is 5.02. The third-order valence-electron chi connectivity index (χ3n) is 3.35. The minimum atomic E-state index is -0.347. The van der Waals surface area contributed by atoms with Crippen LogP contribution in [0.3, 0.4) is 0 Å². The fourth-order valence-corrected chi connectivity index (χ4v) is 2.10. The van der Waals surface area contributed by atoms with Gasteiger partial charge in [-0.05, 0) is 19.8 Å². The van der Waals surface area contributed by atoms with Gasteiger partial charge in [0.25, 0.3) is 0 Å². The number of nitrogens with zero attached hydrogens (tertiary/aromatic N) is 1. The fraction of sp³-hybridized carbons (Fsp3) is 0.714. The van der Waals surface area contributed by atoms with E-state index >= 15 is 0 Å². The molecular formula is C14H22N2O4. The molecule has 6 heteroatoms. The molecule has 1 saturated carbocycles. The van der Waals surface area contributed by atoms with E-state index in [0.717, 1.165) is 12.8 Å². The Morgan fingerprint density at radius 2 is 2.25 bits per heavy atom. The highest BCUT2D eigenvalue weighted by atomic mass is 16.5. The average molecular weight is 282 g/mol. The van der Waals surface area contributed by atoms with E-state index in [0.29, 0.717) is 39.0 Å². The number of hydrogen-bond acceptors (Lipinski definition) is 5. The van der Waals surface area contributed by atoms with E-state index in [-0.39, 0.29) is 17.9 Å². The minimum Gasteiger partial charge on any atom is -0.463 e. The summed E-state index contributed by atoms with van der Waals surface area (Å²) in [7, 11) is 0. The molecule has 0 aromatic carbocycles. The summed E-state index contributed by atoms with van der Waals surface area (Å²) in [4.78, 5) is 25.4. The van der Waals surface area contributed by atoms with Crippen molar-refractivity contribution in [2.75, 3.05) is 32.9 Å². The van der Waals surface area contributed by atoms with Crippen LogP contribution in [0.2, 0.25) is 0 Å². The van der Waals surface area contributed by atoms with Gasteiger partial charge in [-0.3, -0.25) is 9.69 Å². The standard InChI is InChI=1S/C14H22N2O4/c1-2-20-13(17)4-3-7-16-8-9-19-10-12(16)14(18)15-11-5-6-11/h3-4,11-12H,2,5-10H2,1H3,(H,15,18)/b4-3+. The largest absolute Gasteiger partial charge is 0.463 e. The fourth-order valence-electron chi connectivity index (χ4n) is 2.10. The highest BCUT2D eigenvalue weighted by Crippen LogP contribution is 2.19. The van der Waals surface area contributed by atoms with Crippen LogP contribution in [0.15, 0.2) is 12.2 Å². The quantitative estimate of drug-likeness (QED) is 0.552. The first kappa shape index (κ1) is 15.0. The van der Waals surface area contributed by atoms with E-state index in [2.05, 4.69) is 5.32 Å². The lowest BCUT2D eigenvalue weighted by molar-refractivity contribution is -0.137. The van der Waals surface area contributed by atoms with Crippen LogP contribution in [-0.2, 0) is 19.1 Å². The van der Waals surface area contributed by atoms with Crippen molar-refractivity contribution in [2.24, 2.45) is 0 Å². The lowest BCUT2D eigenvalue weighted by Gasteiger charge is -2.33. The van der Waals surface area contributed by atoms with Crippen molar-refractivity contribution in [2.45, 2.75) is 31.8 Å². The van der Waals surface area contributed by atoms with Gasteiger partial charge in [-0.25, -0.2) is 4.79 Å². The molecule has 1 saturated heterocycles. The number of carbonyl (C=O) groups excluding carboxylic acids is 2. The van der Waals surface area contributed by atoms with E-state index in [1.54, 1.807) is 13.0 Å². The predicted molar refractivity (Wildman–Crippen MR) is 73.1 cm³/mol. The molecule has 0 radical (unpaired) electrons. The van der Waals surface area contributed by atoms with Crippen molar-refractivity contribution in [1.29, 1.82) is 0 Å². The molecule has 1 aliphatic carbocycles. The SMILES string of the molecule is CCOC(=O)/C=C/CN1CCOCC1C(=O)NC1CC1. The zero-order valence-corrected chi connectivity index (χ0v) is 11.8. The van der Waals surface area contributed by atoms with E-state index in [4.69, 9.17) is 9.47 Å². The van der Waals surface area contributed by atoms with Crippen molar-refractivity contribution in [3.8, 4) is 0 Å². The molecule has 20 heavy (non-hydrogen) atoms. The predicted octanol–water partition coefficient (Wildman–Crippen LogP) is 0.0851. The van der Waals surface area contributed by atoms with Crippen LogP contribution in [0.1, 0.15) is 19.8 Å². The molecule has 1 heterocycles. The molecule has 6 nitrogen and oxygen atoms in total. The molecule has 2 rings (SSSR count). The van der Waals surface area contributed by atoms with Crippen LogP contribution >= 0.6 is 0 Å². The summed E-state index contributed by atoms with van der Waals surface area (Å²) in [5, 5.41) is 3.00. The Bertz CT molecular complexity index is 379. The molecule has 2 fully saturated rings. The monoisotopic (exact) mass is 282 g/mol. The number of rotatable bonds is 6. The van der Waals surface area contributed by atoms with Crippen LogP contribution in [0.4, 0.5) is 0 Å². The number of nitrogens with one attached hydrogen (secondary N) is 1. The minimum absolute atomic E-state index is 0.0248. The molecule has 112 valence electrons. The summed E-state index contributed by atoms with van der Waals surface area (Å²) in [5.41, 5.74) is 0. The van der Waals surface area contributed by atoms with Gasteiger partial charge in [-0.2, -0.15) is 0 Å². The molecule has 1 unspecified atom stereocenters. The van der Waals surface area contributed by atoms with Crippen molar-refractivity contribution < 1.29 is 19.1 Å². The molecule has 1 aliphatic heterocycles. The second kappa shape index (κ2) is 7.40. The molecule has 2 aliphatic rings. The normalized spacial score (nSPS) is 23.8. The van der Waals surface area contributed by atoms with Gasteiger partial charge in [-0.1, -0.05) is 6.08 Å².